The monoisotopic (exact) mass is 282 g/mol. The van der Waals surface area contributed by atoms with Crippen molar-refractivity contribution in [1.29, 1.82) is 0 Å². The lowest BCUT2D eigenvalue weighted by Crippen LogP contribution is -2.24. The number of aliphatic carboxylic acids is 1. The van der Waals surface area contributed by atoms with Gasteiger partial charge in [0, 0.05) is 10.9 Å². The highest BCUT2D eigenvalue weighted by atomic mass is 32.1. The van der Waals surface area contributed by atoms with E-state index in [0.717, 1.165) is 35.0 Å². The lowest BCUT2D eigenvalue weighted by molar-refractivity contribution is -0.139. The second kappa shape index (κ2) is 5.90. The number of anilines is 1. The van der Waals surface area contributed by atoms with Crippen LogP contribution >= 0.6 is 11.3 Å². The van der Waals surface area contributed by atoms with E-state index in [9.17, 15) is 9.90 Å². The molecule has 0 spiro atoms. The molecule has 1 aliphatic carbocycles. The van der Waals surface area contributed by atoms with Crippen molar-refractivity contribution in [2.45, 2.75) is 58.4 Å². The normalized spacial score (nSPS) is 20.1. The van der Waals surface area contributed by atoms with Crippen LogP contribution in [0.5, 0.6) is 0 Å². The fourth-order valence-electron chi connectivity index (χ4n) is 2.62. The predicted octanol–water partition coefficient (Wildman–Crippen LogP) is 3.49. The molecule has 0 aromatic carbocycles. The average Bonchev–Trinajstić information content (AvgIpc) is 2.77. The van der Waals surface area contributed by atoms with Crippen LogP contribution in [-0.4, -0.2) is 22.1 Å². The highest BCUT2D eigenvalue weighted by molar-refractivity contribution is 7.15. The van der Waals surface area contributed by atoms with Gasteiger partial charge in [-0.05, 0) is 31.6 Å². The van der Waals surface area contributed by atoms with Crippen molar-refractivity contribution in [2.24, 2.45) is 5.92 Å². The molecule has 4 nitrogen and oxygen atoms in total. The van der Waals surface area contributed by atoms with Gasteiger partial charge in [-0.15, -0.1) is 11.3 Å². The summed E-state index contributed by atoms with van der Waals surface area (Å²) in [6, 6.07) is 0.399. The molecule has 106 valence electrons. The first-order valence-corrected chi connectivity index (χ1v) is 7.83. The average molecular weight is 282 g/mol. The molecule has 1 aromatic rings. The summed E-state index contributed by atoms with van der Waals surface area (Å²) >= 11 is 1.63. The Morgan fingerprint density at radius 1 is 1.58 bits per heavy atom. The van der Waals surface area contributed by atoms with E-state index in [1.54, 1.807) is 11.3 Å². The highest BCUT2D eigenvalue weighted by Gasteiger charge is 2.30. The van der Waals surface area contributed by atoms with Crippen LogP contribution in [-0.2, 0) is 11.2 Å². The van der Waals surface area contributed by atoms with Gasteiger partial charge in [0.2, 0.25) is 0 Å². The Morgan fingerprint density at radius 2 is 2.32 bits per heavy atom. The molecule has 1 aromatic heterocycles. The third-order valence-corrected chi connectivity index (χ3v) is 4.87. The van der Waals surface area contributed by atoms with E-state index in [-0.39, 0.29) is 0 Å². The number of carboxylic acid groups (broad SMARTS) is 1. The third kappa shape index (κ3) is 3.08. The Balaban J connectivity index is 2.19. The Labute approximate surface area is 118 Å². The quantitative estimate of drug-likeness (QED) is 0.867. The van der Waals surface area contributed by atoms with Gasteiger partial charge in [0.25, 0.3) is 0 Å². The molecule has 0 fully saturated rings. The first-order valence-electron chi connectivity index (χ1n) is 7.01. The van der Waals surface area contributed by atoms with Crippen LogP contribution in [0.15, 0.2) is 0 Å². The molecule has 19 heavy (non-hydrogen) atoms. The van der Waals surface area contributed by atoms with Crippen molar-refractivity contribution < 1.29 is 9.90 Å². The Hall–Kier alpha value is -1.10. The summed E-state index contributed by atoms with van der Waals surface area (Å²) in [5.74, 6) is -0.607. The number of rotatable bonds is 5. The van der Waals surface area contributed by atoms with E-state index in [1.165, 1.54) is 0 Å². The number of hydrogen-bond donors (Lipinski definition) is 2. The van der Waals surface area contributed by atoms with Crippen LogP contribution < -0.4 is 5.32 Å². The van der Waals surface area contributed by atoms with Gasteiger partial charge in [-0.25, -0.2) is 4.98 Å². The second-order valence-corrected chi connectivity index (χ2v) is 6.60. The molecule has 0 aliphatic heterocycles. The largest absolute Gasteiger partial charge is 0.481 e. The second-order valence-electron chi connectivity index (χ2n) is 5.51. The summed E-state index contributed by atoms with van der Waals surface area (Å²) < 4.78 is 0. The first kappa shape index (κ1) is 14.3. The smallest absolute Gasteiger partial charge is 0.312 e. The van der Waals surface area contributed by atoms with Crippen molar-refractivity contribution in [3.05, 3.63) is 10.6 Å². The van der Waals surface area contributed by atoms with Gasteiger partial charge in [0.05, 0.1) is 5.69 Å². The lowest BCUT2D eigenvalue weighted by Gasteiger charge is -2.19. The van der Waals surface area contributed by atoms with Crippen LogP contribution in [0.3, 0.4) is 0 Å². The minimum atomic E-state index is -0.742. The van der Waals surface area contributed by atoms with Gasteiger partial charge in [0.15, 0.2) is 5.13 Å². The molecular weight excluding hydrogens is 260 g/mol. The zero-order chi connectivity index (χ0) is 14.0. The van der Waals surface area contributed by atoms with Crippen LogP contribution in [0.4, 0.5) is 5.13 Å². The summed E-state index contributed by atoms with van der Waals surface area (Å²) in [4.78, 5) is 17.0. The number of carbonyl (C=O) groups is 1. The molecule has 2 atom stereocenters. The number of nitrogens with one attached hydrogen (secondary N) is 1. The summed E-state index contributed by atoms with van der Waals surface area (Å²) in [5.41, 5.74) is 0.796. The van der Waals surface area contributed by atoms with Gasteiger partial charge >= 0.3 is 5.97 Å². The maximum Gasteiger partial charge on any atom is 0.312 e. The van der Waals surface area contributed by atoms with Crippen LogP contribution in [0.2, 0.25) is 0 Å². The van der Waals surface area contributed by atoms with Crippen LogP contribution in [0, 0.1) is 5.92 Å². The zero-order valence-corrected chi connectivity index (χ0v) is 12.6. The first-order chi connectivity index (χ1) is 9.02. The molecule has 2 unspecified atom stereocenters. The summed E-state index contributed by atoms with van der Waals surface area (Å²) in [6.07, 6.45) is 3.68. The molecule has 1 heterocycles. The molecule has 0 saturated heterocycles. The van der Waals surface area contributed by atoms with Crippen molar-refractivity contribution >= 4 is 22.4 Å². The molecule has 0 bridgehead atoms. The molecule has 2 rings (SSSR count). The van der Waals surface area contributed by atoms with Gasteiger partial charge < -0.3 is 10.4 Å². The van der Waals surface area contributed by atoms with Crippen LogP contribution in [0.1, 0.15) is 56.5 Å². The predicted molar refractivity (Wildman–Crippen MR) is 78.0 cm³/mol. The topological polar surface area (TPSA) is 62.2 Å². The molecule has 2 N–H and O–H groups in total. The molecule has 0 amide bonds. The molecule has 1 aliphatic rings. The molecular formula is C14H22N2O2S. The maximum atomic E-state index is 11.3. The lowest BCUT2D eigenvalue weighted by atomic mass is 9.91. The van der Waals surface area contributed by atoms with E-state index >= 15 is 0 Å². The summed E-state index contributed by atoms with van der Waals surface area (Å²) in [6.45, 7) is 6.54. The fraction of sp³-hybridized carbons (Fsp3) is 0.714. The van der Waals surface area contributed by atoms with Crippen LogP contribution in [0.25, 0.3) is 0 Å². The third-order valence-electron chi connectivity index (χ3n) is 3.81. The highest BCUT2D eigenvalue weighted by Crippen LogP contribution is 2.37. The number of fused-ring (bicyclic) bond motifs is 1. The number of hydrogen-bond acceptors (Lipinski definition) is 4. The van der Waals surface area contributed by atoms with Crippen molar-refractivity contribution in [1.82, 2.24) is 4.98 Å². The zero-order valence-electron chi connectivity index (χ0n) is 11.8. The SMILES string of the molecule is CCC(Nc1nc2c(s1)CCCC2C(=O)O)C(C)C. The van der Waals surface area contributed by atoms with Gasteiger partial charge in [-0.2, -0.15) is 0 Å². The number of aromatic nitrogens is 1. The number of carboxylic acids is 1. The van der Waals surface area contributed by atoms with Gasteiger partial charge in [-0.3, -0.25) is 4.79 Å². The van der Waals surface area contributed by atoms with Crippen molar-refractivity contribution in [3.63, 3.8) is 0 Å². The van der Waals surface area contributed by atoms with E-state index in [1.807, 2.05) is 0 Å². The van der Waals surface area contributed by atoms with Crippen molar-refractivity contribution in [2.75, 3.05) is 5.32 Å². The summed E-state index contributed by atoms with van der Waals surface area (Å²) in [5, 5.41) is 13.6. The van der Waals surface area contributed by atoms with Crippen molar-refractivity contribution in [3.8, 4) is 0 Å². The number of thiazole rings is 1. The Morgan fingerprint density at radius 3 is 2.89 bits per heavy atom. The minimum absolute atomic E-state index is 0.399. The standard InChI is InChI=1S/C14H22N2O2S/c1-4-10(8(2)3)15-14-16-12-9(13(17)18)6-5-7-11(12)19-14/h8-10H,4-7H2,1-3H3,(H,15,16)(H,17,18). The van der Waals surface area contributed by atoms with E-state index in [2.05, 4.69) is 31.1 Å². The number of aryl methyl sites for hydroxylation is 1. The van der Waals surface area contributed by atoms with E-state index in [4.69, 9.17) is 0 Å². The fourth-order valence-corrected chi connectivity index (χ4v) is 3.75. The Bertz CT molecular complexity index is 456. The Kier molecular flexibility index (Phi) is 4.45. The minimum Gasteiger partial charge on any atom is -0.481 e. The summed E-state index contributed by atoms with van der Waals surface area (Å²) in [7, 11) is 0. The maximum absolute atomic E-state index is 11.3. The molecule has 5 heteroatoms. The number of nitrogens with zero attached hydrogens (tertiary/aromatic N) is 1. The molecule has 0 radical (unpaired) electrons. The molecule has 0 saturated carbocycles. The van der Waals surface area contributed by atoms with E-state index in [0.29, 0.717) is 18.4 Å². The van der Waals surface area contributed by atoms with Gasteiger partial charge in [-0.1, -0.05) is 20.8 Å². The van der Waals surface area contributed by atoms with Gasteiger partial charge in [0.1, 0.15) is 5.92 Å². The van der Waals surface area contributed by atoms with E-state index < -0.39 is 11.9 Å².